The Morgan fingerprint density at radius 3 is 2.53 bits per heavy atom. The highest BCUT2D eigenvalue weighted by Gasteiger charge is 2.17. The monoisotopic (exact) mass is 268 g/mol. The molecule has 17 heavy (non-hydrogen) atoms. The van der Waals surface area contributed by atoms with E-state index in [1.165, 1.54) is 0 Å². The minimum Gasteiger partial charge on any atom is -0.257 e. The van der Waals surface area contributed by atoms with Crippen LogP contribution in [-0.4, -0.2) is 14.1 Å². The molecule has 0 fully saturated rings. The van der Waals surface area contributed by atoms with Crippen LogP contribution in [0.25, 0.3) is 0 Å². The van der Waals surface area contributed by atoms with Gasteiger partial charge in [-0.2, -0.15) is 0 Å². The Hall–Kier alpha value is -1.60. The van der Waals surface area contributed by atoms with Crippen LogP contribution in [0.2, 0.25) is 0 Å². The molecule has 88 valence electrons. The summed E-state index contributed by atoms with van der Waals surface area (Å²) in [4.78, 5) is 14.4. The summed E-state index contributed by atoms with van der Waals surface area (Å²) in [6.45, 7) is 1.93. The molecular weight excluding hydrogens is 260 g/mol. The van der Waals surface area contributed by atoms with Crippen molar-refractivity contribution in [1.29, 1.82) is 0 Å². The molecule has 1 unspecified atom stereocenters. The standard InChI is InChI=1S/C10H8N2O3S2/c1-7-2-4-8(5-3-7)17(15)10-11-6-9(16-10)12(13)14/h2-6H,1H3. The van der Waals surface area contributed by atoms with Gasteiger partial charge in [-0.25, -0.2) is 9.19 Å². The molecule has 1 atom stereocenters. The lowest BCUT2D eigenvalue weighted by Gasteiger charge is -1.98. The van der Waals surface area contributed by atoms with Crippen LogP contribution in [0, 0.1) is 17.0 Å². The zero-order valence-electron chi connectivity index (χ0n) is 8.82. The number of hydrogen-bond acceptors (Lipinski definition) is 5. The molecule has 0 radical (unpaired) electrons. The number of benzene rings is 1. The second-order valence-electron chi connectivity index (χ2n) is 3.30. The van der Waals surface area contributed by atoms with E-state index in [4.69, 9.17) is 0 Å². The van der Waals surface area contributed by atoms with E-state index in [0.29, 0.717) is 4.90 Å². The summed E-state index contributed by atoms with van der Waals surface area (Å²) in [5.74, 6) is 0. The number of nitro groups is 1. The Morgan fingerprint density at radius 1 is 1.35 bits per heavy atom. The summed E-state index contributed by atoms with van der Waals surface area (Å²) in [6, 6.07) is 7.15. The molecule has 1 aromatic heterocycles. The van der Waals surface area contributed by atoms with Gasteiger partial charge in [-0.15, -0.1) is 0 Å². The fraction of sp³-hybridized carbons (Fsp3) is 0.100. The second-order valence-corrected chi connectivity index (χ2v) is 5.97. The summed E-state index contributed by atoms with van der Waals surface area (Å²) in [6.07, 6.45) is 1.13. The number of aromatic nitrogens is 1. The molecule has 0 saturated heterocycles. The molecule has 2 rings (SSSR count). The third-order valence-electron chi connectivity index (χ3n) is 2.05. The van der Waals surface area contributed by atoms with Crippen molar-refractivity contribution in [2.75, 3.05) is 0 Å². The molecular formula is C10H8N2O3S2. The summed E-state index contributed by atoms with van der Waals surface area (Å²) >= 11 is 0.838. The molecule has 0 saturated carbocycles. The highest BCUT2D eigenvalue weighted by Crippen LogP contribution is 2.26. The van der Waals surface area contributed by atoms with E-state index < -0.39 is 15.7 Å². The van der Waals surface area contributed by atoms with Gasteiger partial charge in [0.25, 0.3) is 0 Å². The highest BCUT2D eigenvalue weighted by atomic mass is 32.2. The zero-order valence-corrected chi connectivity index (χ0v) is 10.5. The van der Waals surface area contributed by atoms with E-state index in [2.05, 4.69) is 4.98 Å². The first-order chi connectivity index (χ1) is 8.08. The summed E-state index contributed by atoms with van der Waals surface area (Å²) in [5.41, 5.74) is 1.07. The van der Waals surface area contributed by atoms with E-state index in [1.807, 2.05) is 19.1 Å². The third kappa shape index (κ3) is 2.56. The average Bonchev–Trinajstić information content (AvgIpc) is 2.78. The lowest BCUT2D eigenvalue weighted by atomic mass is 10.2. The smallest absolute Gasteiger partial charge is 0.257 e. The largest absolute Gasteiger partial charge is 0.344 e. The van der Waals surface area contributed by atoms with Crippen molar-refractivity contribution in [3.8, 4) is 0 Å². The Labute approximate surface area is 104 Å². The maximum Gasteiger partial charge on any atom is 0.344 e. The van der Waals surface area contributed by atoms with Gasteiger partial charge in [0.15, 0.2) is 4.34 Å². The van der Waals surface area contributed by atoms with Crippen molar-refractivity contribution in [3.05, 3.63) is 46.1 Å². The van der Waals surface area contributed by atoms with Gasteiger partial charge in [-0.3, -0.25) is 10.1 Å². The van der Waals surface area contributed by atoms with E-state index in [9.17, 15) is 14.3 Å². The first-order valence-corrected chi connectivity index (χ1v) is 6.63. The molecule has 5 nitrogen and oxygen atoms in total. The van der Waals surface area contributed by atoms with E-state index in [0.717, 1.165) is 23.1 Å². The topological polar surface area (TPSA) is 73.1 Å². The number of hydrogen-bond donors (Lipinski definition) is 0. The molecule has 7 heteroatoms. The van der Waals surface area contributed by atoms with Gasteiger partial charge < -0.3 is 0 Å². The fourth-order valence-corrected chi connectivity index (χ4v) is 3.23. The van der Waals surface area contributed by atoms with Gasteiger partial charge in [0.1, 0.15) is 17.0 Å². The third-order valence-corrected chi connectivity index (χ3v) is 4.62. The van der Waals surface area contributed by atoms with Crippen molar-refractivity contribution in [2.24, 2.45) is 0 Å². The van der Waals surface area contributed by atoms with Gasteiger partial charge in [-0.05, 0) is 30.4 Å². The maximum absolute atomic E-state index is 12.0. The van der Waals surface area contributed by atoms with Crippen LogP contribution in [0.4, 0.5) is 5.00 Å². The minimum atomic E-state index is -1.45. The van der Waals surface area contributed by atoms with Crippen LogP contribution < -0.4 is 0 Å². The molecule has 1 heterocycles. The average molecular weight is 268 g/mol. The summed E-state index contributed by atoms with van der Waals surface area (Å²) in [7, 11) is -1.45. The van der Waals surface area contributed by atoms with Crippen molar-refractivity contribution < 1.29 is 9.13 Å². The predicted octanol–water partition coefficient (Wildman–Crippen LogP) is 2.53. The first-order valence-electron chi connectivity index (χ1n) is 4.66. The van der Waals surface area contributed by atoms with Crippen molar-refractivity contribution in [3.63, 3.8) is 0 Å². The van der Waals surface area contributed by atoms with Crippen LogP contribution >= 0.6 is 11.3 Å². The van der Waals surface area contributed by atoms with Gasteiger partial charge >= 0.3 is 5.00 Å². The van der Waals surface area contributed by atoms with Crippen molar-refractivity contribution in [1.82, 2.24) is 4.98 Å². The molecule has 0 N–H and O–H groups in total. The molecule has 0 aliphatic heterocycles. The van der Waals surface area contributed by atoms with Crippen LogP contribution in [0.3, 0.4) is 0 Å². The fourth-order valence-electron chi connectivity index (χ4n) is 1.18. The molecule has 0 aliphatic carbocycles. The van der Waals surface area contributed by atoms with Crippen molar-refractivity contribution >= 4 is 27.1 Å². The second kappa shape index (κ2) is 4.72. The molecule has 0 bridgehead atoms. The molecule has 0 spiro atoms. The molecule has 0 aliphatic rings. The zero-order chi connectivity index (χ0) is 12.4. The lowest BCUT2D eigenvalue weighted by Crippen LogP contribution is -1.91. The number of nitrogens with zero attached hydrogens (tertiary/aromatic N) is 2. The van der Waals surface area contributed by atoms with E-state index in [-0.39, 0.29) is 9.34 Å². The van der Waals surface area contributed by atoms with Crippen LogP contribution in [0.5, 0.6) is 0 Å². The van der Waals surface area contributed by atoms with Crippen molar-refractivity contribution in [2.45, 2.75) is 16.2 Å². The van der Waals surface area contributed by atoms with Gasteiger partial charge in [0.05, 0.1) is 4.92 Å². The molecule has 0 amide bonds. The summed E-state index contributed by atoms with van der Waals surface area (Å²) < 4.78 is 12.3. The normalized spacial score (nSPS) is 12.3. The first kappa shape index (κ1) is 11.9. The predicted molar refractivity (Wildman–Crippen MR) is 64.6 cm³/mol. The minimum absolute atomic E-state index is 0.0968. The van der Waals surface area contributed by atoms with E-state index >= 15 is 0 Å². The number of thiazole rings is 1. The van der Waals surface area contributed by atoms with Gasteiger partial charge in [-0.1, -0.05) is 17.7 Å². The molecule has 2 aromatic rings. The lowest BCUT2D eigenvalue weighted by molar-refractivity contribution is -0.380. The highest BCUT2D eigenvalue weighted by molar-refractivity contribution is 7.87. The van der Waals surface area contributed by atoms with Gasteiger partial charge in [0.2, 0.25) is 0 Å². The Kier molecular flexibility index (Phi) is 3.30. The number of aryl methyl sites for hydroxylation is 1. The molecule has 1 aromatic carbocycles. The van der Waals surface area contributed by atoms with Gasteiger partial charge in [0, 0.05) is 4.90 Å². The maximum atomic E-state index is 12.0. The Morgan fingerprint density at radius 2 is 2.00 bits per heavy atom. The Bertz CT molecular complexity index is 577. The van der Waals surface area contributed by atoms with Crippen LogP contribution in [0.15, 0.2) is 39.7 Å². The van der Waals surface area contributed by atoms with Crippen LogP contribution in [-0.2, 0) is 10.8 Å². The SMILES string of the molecule is Cc1ccc(S(=O)c2ncc([N+](=O)[O-])s2)cc1. The number of rotatable bonds is 3. The summed E-state index contributed by atoms with van der Waals surface area (Å²) in [5, 5.41) is 10.4. The quantitative estimate of drug-likeness (QED) is 0.633. The van der Waals surface area contributed by atoms with E-state index in [1.54, 1.807) is 12.1 Å². The Balaban J connectivity index is 2.30. The van der Waals surface area contributed by atoms with Crippen LogP contribution in [0.1, 0.15) is 5.56 Å².